The maximum absolute atomic E-state index is 11.7. The minimum Gasteiger partial charge on any atom is -0.449 e. The SMILES string of the molecule is CCOC(=O)NS(=O)(=O)NC1CCC2(CC1)OCCO2. The molecule has 0 aromatic heterocycles. The third kappa shape index (κ3) is 4.05. The van der Waals surface area contributed by atoms with Crippen molar-refractivity contribution >= 4 is 16.3 Å². The van der Waals surface area contributed by atoms with Gasteiger partial charge in [0, 0.05) is 18.9 Å². The number of amides is 1. The molecule has 2 N–H and O–H groups in total. The van der Waals surface area contributed by atoms with Gasteiger partial charge in [0.1, 0.15) is 0 Å². The summed E-state index contributed by atoms with van der Waals surface area (Å²) in [6.07, 6.45) is 1.50. The highest BCUT2D eigenvalue weighted by Gasteiger charge is 2.41. The Morgan fingerprint density at radius 2 is 1.90 bits per heavy atom. The van der Waals surface area contributed by atoms with Gasteiger partial charge in [0.15, 0.2) is 5.79 Å². The lowest BCUT2D eigenvalue weighted by Gasteiger charge is -2.35. The van der Waals surface area contributed by atoms with Crippen LogP contribution < -0.4 is 9.44 Å². The maximum atomic E-state index is 11.7. The zero-order valence-electron chi connectivity index (χ0n) is 11.4. The Morgan fingerprint density at radius 3 is 2.45 bits per heavy atom. The van der Waals surface area contributed by atoms with Crippen LogP contribution in [0.15, 0.2) is 0 Å². The van der Waals surface area contributed by atoms with Gasteiger partial charge in [0.05, 0.1) is 19.8 Å². The topological polar surface area (TPSA) is 103 Å². The summed E-state index contributed by atoms with van der Waals surface area (Å²) in [6.45, 7) is 2.88. The van der Waals surface area contributed by atoms with E-state index in [1.54, 1.807) is 11.6 Å². The fourth-order valence-electron chi connectivity index (χ4n) is 2.48. The second-order valence-corrected chi connectivity index (χ2v) is 6.27. The van der Waals surface area contributed by atoms with Crippen LogP contribution in [0.5, 0.6) is 0 Å². The van der Waals surface area contributed by atoms with Crippen molar-refractivity contribution in [2.24, 2.45) is 0 Å². The average molecular weight is 308 g/mol. The highest BCUT2D eigenvalue weighted by Crippen LogP contribution is 2.35. The van der Waals surface area contributed by atoms with Crippen LogP contribution in [0.4, 0.5) is 4.79 Å². The van der Waals surface area contributed by atoms with Crippen LogP contribution >= 0.6 is 0 Å². The van der Waals surface area contributed by atoms with Crippen molar-refractivity contribution in [1.82, 2.24) is 9.44 Å². The normalized spacial score (nSPS) is 22.9. The van der Waals surface area contributed by atoms with Crippen molar-refractivity contribution < 1.29 is 27.4 Å². The van der Waals surface area contributed by atoms with Crippen LogP contribution in [-0.2, 0) is 24.4 Å². The molecule has 0 atom stereocenters. The van der Waals surface area contributed by atoms with Gasteiger partial charge in [0.2, 0.25) is 0 Å². The molecule has 9 heteroatoms. The highest BCUT2D eigenvalue weighted by molar-refractivity contribution is 7.88. The number of hydrogen-bond acceptors (Lipinski definition) is 6. The second-order valence-electron chi connectivity index (χ2n) is 4.83. The Morgan fingerprint density at radius 1 is 1.30 bits per heavy atom. The van der Waals surface area contributed by atoms with E-state index in [2.05, 4.69) is 9.46 Å². The van der Waals surface area contributed by atoms with E-state index < -0.39 is 22.1 Å². The van der Waals surface area contributed by atoms with E-state index in [0.29, 0.717) is 38.9 Å². The number of nitrogens with one attached hydrogen (secondary N) is 2. The van der Waals surface area contributed by atoms with E-state index in [9.17, 15) is 13.2 Å². The summed E-state index contributed by atoms with van der Waals surface area (Å²) in [5.74, 6) is -0.531. The number of carbonyl (C=O) groups is 1. The highest BCUT2D eigenvalue weighted by atomic mass is 32.2. The van der Waals surface area contributed by atoms with Gasteiger partial charge >= 0.3 is 16.3 Å². The lowest BCUT2D eigenvalue weighted by atomic mass is 9.91. The van der Waals surface area contributed by atoms with E-state index in [1.807, 2.05) is 0 Å². The van der Waals surface area contributed by atoms with Gasteiger partial charge in [-0.15, -0.1) is 0 Å². The van der Waals surface area contributed by atoms with Crippen molar-refractivity contribution in [2.45, 2.75) is 44.4 Å². The Kier molecular flexibility index (Phi) is 4.84. The third-order valence-corrected chi connectivity index (χ3v) is 4.45. The van der Waals surface area contributed by atoms with Gasteiger partial charge in [-0.1, -0.05) is 0 Å². The molecule has 2 aliphatic rings. The molecule has 1 spiro atoms. The summed E-state index contributed by atoms with van der Waals surface area (Å²) in [7, 11) is -3.89. The second kappa shape index (κ2) is 6.25. The molecule has 1 saturated heterocycles. The standard InChI is InChI=1S/C11H20N2O6S/c1-2-17-10(14)13-20(15,16)12-9-3-5-11(6-4-9)18-7-8-19-11/h9,12H,2-8H2,1H3,(H,13,14). The summed E-state index contributed by atoms with van der Waals surface area (Å²) in [6, 6.07) is -0.236. The van der Waals surface area contributed by atoms with E-state index in [1.165, 1.54) is 0 Å². The predicted molar refractivity (Wildman–Crippen MR) is 69.1 cm³/mol. The summed E-state index contributed by atoms with van der Waals surface area (Å²) in [5, 5.41) is 0. The fourth-order valence-corrected chi connectivity index (χ4v) is 3.49. The number of ether oxygens (including phenoxy) is 3. The van der Waals surface area contributed by atoms with Crippen LogP contribution in [-0.4, -0.2) is 46.2 Å². The van der Waals surface area contributed by atoms with E-state index >= 15 is 0 Å². The summed E-state index contributed by atoms with van der Waals surface area (Å²) < 4.78 is 43.3. The summed E-state index contributed by atoms with van der Waals surface area (Å²) in [5.41, 5.74) is 0. The third-order valence-electron chi connectivity index (χ3n) is 3.38. The lowest BCUT2D eigenvalue weighted by molar-refractivity contribution is -0.178. The van der Waals surface area contributed by atoms with Gasteiger partial charge in [-0.3, -0.25) is 0 Å². The smallest absolute Gasteiger partial charge is 0.421 e. The maximum Gasteiger partial charge on any atom is 0.421 e. The molecule has 0 radical (unpaired) electrons. The van der Waals surface area contributed by atoms with Crippen LogP contribution in [0.3, 0.4) is 0 Å². The van der Waals surface area contributed by atoms with Gasteiger partial charge in [0.25, 0.3) is 0 Å². The first kappa shape index (κ1) is 15.5. The molecular weight excluding hydrogens is 288 g/mol. The predicted octanol–water partition coefficient (Wildman–Crippen LogP) is 0.253. The minimum atomic E-state index is -3.89. The lowest BCUT2D eigenvalue weighted by Crippen LogP contribution is -2.48. The molecule has 1 amide bonds. The molecule has 0 unspecified atom stereocenters. The molecule has 1 aliphatic carbocycles. The molecule has 1 heterocycles. The van der Waals surface area contributed by atoms with Crippen molar-refractivity contribution in [3.05, 3.63) is 0 Å². The van der Waals surface area contributed by atoms with Crippen LogP contribution in [0, 0.1) is 0 Å². The van der Waals surface area contributed by atoms with Crippen molar-refractivity contribution in [1.29, 1.82) is 0 Å². The van der Waals surface area contributed by atoms with Crippen LogP contribution in [0.1, 0.15) is 32.6 Å². The molecule has 116 valence electrons. The van der Waals surface area contributed by atoms with E-state index in [-0.39, 0.29) is 12.6 Å². The van der Waals surface area contributed by atoms with Crippen LogP contribution in [0.2, 0.25) is 0 Å². The first-order valence-electron chi connectivity index (χ1n) is 6.69. The van der Waals surface area contributed by atoms with Crippen LogP contribution in [0.25, 0.3) is 0 Å². The van der Waals surface area contributed by atoms with Gasteiger partial charge < -0.3 is 14.2 Å². The molecule has 20 heavy (non-hydrogen) atoms. The summed E-state index contributed by atoms with van der Waals surface area (Å²) in [4.78, 5) is 11.1. The van der Waals surface area contributed by atoms with Crippen molar-refractivity contribution in [3.8, 4) is 0 Å². The minimum absolute atomic E-state index is 0.113. The van der Waals surface area contributed by atoms with Gasteiger partial charge in [-0.25, -0.2) is 9.52 Å². The molecule has 1 aliphatic heterocycles. The monoisotopic (exact) mass is 308 g/mol. The largest absolute Gasteiger partial charge is 0.449 e. The number of hydrogen-bond donors (Lipinski definition) is 2. The summed E-state index contributed by atoms with van der Waals surface area (Å²) >= 11 is 0. The molecule has 1 saturated carbocycles. The van der Waals surface area contributed by atoms with E-state index in [4.69, 9.17) is 9.47 Å². The zero-order chi connectivity index (χ0) is 14.6. The molecule has 0 aromatic carbocycles. The molecule has 2 fully saturated rings. The Hall–Kier alpha value is -0.900. The average Bonchev–Trinajstić information content (AvgIpc) is 2.80. The van der Waals surface area contributed by atoms with E-state index in [0.717, 1.165) is 0 Å². The first-order chi connectivity index (χ1) is 9.45. The zero-order valence-corrected chi connectivity index (χ0v) is 12.2. The molecule has 0 bridgehead atoms. The van der Waals surface area contributed by atoms with Crippen molar-refractivity contribution in [3.63, 3.8) is 0 Å². The first-order valence-corrected chi connectivity index (χ1v) is 8.18. The quantitative estimate of drug-likeness (QED) is 0.772. The Labute approximate surface area is 118 Å². The van der Waals surface area contributed by atoms with Crippen molar-refractivity contribution in [2.75, 3.05) is 19.8 Å². The van der Waals surface area contributed by atoms with Gasteiger partial charge in [-0.2, -0.15) is 13.1 Å². The Balaban J connectivity index is 1.81. The number of rotatable bonds is 4. The molecule has 2 rings (SSSR count). The molecule has 0 aromatic rings. The molecule has 8 nitrogen and oxygen atoms in total. The Bertz CT molecular complexity index is 436. The number of carbonyl (C=O) groups excluding carboxylic acids is 1. The fraction of sp³-hybridized carbons (Fsp3) is 0.909. The molecular formula is C11H20N2O6S. The van der Waals surface area contributed by atoms with Gasteiger partial charge in [-0.05, 0) is 19.8 Å².